The average molecular weight is 397 g/mol. The molecule has 0 radical (unpaired) electrons. The smallest absolute Gasteiger partial charge is 0.156 e. The number of halogens is 1. The summed E-state index contributed by atoms with van der Waals surface area (Å²) in [6, 6.07) is 9.53. The summed E-state index contributed by atoms with van der Waals surface area (Å²) in [6.07, 6.45) is 6.38. The molecule has 1 aliphatic carbocycles. The highest BCUT2D eigenvalue weighted by Crippen LogP contribution is 2.38. The number of benzene rings is 1. The Labute approximate surface area is 165 Å². The van der Waals surface area contributed by atoms with Crippen molar-refractivity contribution in [3.8, 4) is 11.3 Å². The van der Waals surface area contributed by atoms with E-state index in [4.69, 9.17) is 16.1 Å². The largest absolute Gasteiger partial charge is 0.362 e. The molecule has 0 atom stereocenters. The normalized spacial score (nSPS) is 13.7. The van der Waals surface area contributed by atoms with E-state index in [1.807, 2.05) is 30.3 Å². The minimum absolute atomic E-state index is 0.508. The molecule has 0 amide bonds. The van der Waals surface area contributed by atoms with Crippen molar-refractivity contribution in [2.75, 3.05) is 5.32 Å². The van der Waals surface area contributed by atoms with E-state index >= 15 is 0 Å². The van der Waals surface area contributed by atoms with Crippen LogP contribution >= 0.6 is 22.9 Å². The van der Waals surface area contributed by atoms with E-state index in [9.17, 15) is 0 Å². The molecule has 136 valence electrons. The van der Waals surface area contributed by atoms with Crippen molar-refractivity contribution >= 4 is 39.0 Å². The number of nitrogens with zero attached hydrogens (tertiary/aromatic N) is 3. The summed E-state index contributed by atoms with van der Waals surface area (Å²) in [4.78, 5) is 11.5. The van der Waals surface area contributed by atoms with E-state index in [1.54, 1.807) is 17.7 Å². The Morgan fingerprint density at radius 1 is 1.15 bits per heavy atom. The maximum absolute atomic E-state index is 6.25. The van der Waals surface area contributed by atoms with Crippen molar-refractivity contribution in [2.24, 2.45) is 0 Å². The first-order chi connectivity index (χ1) is 13.3. The maximum Gasteiger partial charge on any atom is 0.156 e. The molecule has 0 saturated heterocycles. The number of nitrogens with one attached hydrogen (secondary N) is 1. The minimum atomic E-state index is 0.508. The Hall–Kier alpha value is -2.44. The number of rotatable bonds is 4. The SMILES string of the molecule is Clc1ccccc1-c1cc(CNc2ncnc3sc4c(c23)CCCC4)on1. The van der Waals surface area contributed by atoms with Crippen molar-refractivity contribution < 1.29 is 4.52 Å². The Balaban J connectivity index is 1.41. The van der Waals surface area contributed by atoms with Crippen LogP contribution in [0.4, 0.5) is 5.82 Å². The topological polar surface area (TPSA) is 63.8 Å². The number of hydrogen-bond acceptors (Lipinski definition) is 6. The number of aryl methyl sites for hydroxylation is 2. The standard InChI is InChI=1S/C20H17ClN4OS/c21-15-7-3-1-5-13(15)16-9-12(26-25-16)10-22-19-18-14-6-2-4-8-17(14)27-20(18)24-11-23-19/h1,3,5,7,9,11H,2,4,6,8,10H2,(H,22,23,24). The zero-order valence-corrected chi connectivity index (χ0v) is 16.1. The lowest BCUT2D eigenvalue weighted by atomic mass is 9.97. The van der Waals surface area contributed by atoms with Gasteiger partial charge in [0.05, 0.1) is 17.0 Å². The fourth-order valence-corrected chi connectivity index (χ4v) is 5.05. The van der Waals surface area contributed by atoms with Crippen LogP contribution < -0.4 is 5.32 Å². The van der Waals surface area contributed by atoms with Crippen LogP contribution in [-0.2, 0) is 19.4 Å². The maximum atomic E-state index is 6.25. The molecule has 27 heavy (non-hydrogen) atoms. The van der Waals surface area contributed by atoms with Crippen molar-refractivity contribution in [3.63, 3.8) is 0 Å². The highest BCUT2D eigenvalue weighted by Gasteiger charge is 2.20. The molecule has 3 aromatic heterocycles. The van der Waals surface area contributed by atoms with Gasteiger partial charge in [0.25, 0.3) is 0 Å². The van der Waals surface area contributed by atoms with Gasteiger partial charge < -0.3 is 9.84 Å². The molecule has 7 heteroatoms. The summed E-state index contributed by atoms with van der Waals surface area (Å²) in [5.41, 5.74) is 3.02. The van der Waals surface area contributed by atoms with E-state index in [0.29, 0.717) is 11.6 Å². The van der Waals surface area contributed by atoms with Gasteiger partial charge in [-0.2, -0.15) is 0 Å². The van der Waals surface area contributed by atoms with Gasteiger partial charge in [-0.1, -0.05) is 35.0 Å². The number of hydrogen-bond donors (Lipinski definition) is 1. The zero-order chi connectivity index (χ0) is 18.2. The van der Waals surface area contributed by atoms with E-state index in [2.05, 4.69) is 20.4 Å². The molecule has 0 aliphatic heterocycles. The first-order valence-electron chi connectivity index (χ1n) is 8.99. The van der Waals surface area contributed by atoms with Gasteiger partial charge >= 0.3 is 0 Å². The zero-order valence-electron chi connectivity index (χ0n) is 14.5. The van der Waals surface area contributed by atoms with Gasteiger partial charge in [0.1, 0.15) is 22.7 Å². The van der Waals surface area contributed by atoms with Gasteiger partial charge in [0, 0.05) is 16.5 Å². The molecular formula is C20H17ClN4OS. The van der Waals surface area contributed by atoms with Gasteiger partial charge in [-0.25, -0.2) is 9.97 Å². The van der Waals surface area contributed by atoms with Crippen molar-refractivity contribution in [2.45, 2.75) is 32.2 Å². The van der Waals surface area contributed by atoms with Crippen molar-refractivity contribution in [3.05, 3.63) is 57.9 Å². The van der Waals surface area contributed by atoms with E-state index in [1.165, 1.54) is 28.7 Å². The summed E-state index contributed by atoms with van der Waals surface area (Å²) in [6.45, 7) is 0.508. The summed E-state index contributed by atoms with van der Waals surface area (Å²) in [5, 5.41) is 9.39. The van der Waals surface area contributed by atoms with Gasteiger partial charge in [-0.15, -0.1) is 11.3 Å². The van der Waals surface area contributed by atoms with E-state index in [-0.39, 0.29) is 0 Å². The fourth-order valence-electron chi connectivity index (χ4n) is 3.59. The van der Waals surface area contributed by atoms with E-state index in [0.717, 1.165) is 40.5 Å². The van der Waals surface area contributed by atoms with Crippen molar-refractivity contribution in [1.29, 1.82) is 0 Å². The lowest BCUT2D eigenvalue weighted by Gasteiger charge is -2.11. The quantitative estimate of drug-likeness (QED) is 0.494. The third-order valence-electron chi connectivity index (χ3n) is 4.89. The molecule has 0 spiro atoms. The monoisotopic (exact) mass is 396 g/mol. The molecule has 0 fully saturated rings. The molecule has 0 saturated carbocycles. The Morgan fingerprint density at radius 3 is 2.96 bits per heavy atom. The first kappa shape index (κ1) is 16.7. The predicted molar refractivity (Wildman–Crippen MR) is 108 cm³/mol. The van der Waals surface area contributed by atoms with Gasteiger partial charge in [0.15, 0.2) is 5.76 Å². The van der Waals surface area contributed by atoms with E-state index < -0.39 is 0 Å². The highest BCUT2D eigenvalue weighted by atomic mass is 35.5. The first-order valence-corrected chi connectivity index (χ1v) is 10.2. The van der Waals surface area contributed by atoms with Crippen LogP contribution in [0.1, 0.15) is 29.0 Å². The third kappa shape index (κ3) is 3.09. The highest BCUT2D eigenvalue weighted by molar-refractivity contribution is 7.19. The third-order valence-corrected chi connectivity index (χ3v) is 6.42. The van der Waals surface area contributed by atoms with Crippen LogP contribution in [0, 0.1) is 0 Å². The number of aromatic nitrogens is 3. The van der Waals surface area contributed by atoms with Crippen LogP contribution in [0.25, 0.3) is 21.5 Å². The molecule has 3 heterocycles. The Kier molecular flexibility index (Phi) is 4.30. The second-order valence-corrected chi connectivity index (χ2v) is 8.12. The molecule has 1 N–H and O–H groups in total. The number of thiophene rings is 1. The number of anilines is 1. The minimum Gasteiger partial charge on any atom is -0.362 e. The van der Waals surface area contributed by atoms with Gasteiger partial charge in [-0.05, 0) is 37.3 Å². The van der Waals surface area contributed by atoms with Crippen LogP contribution in [0.2, 0.25) is 5.02 Å². The molecule has 1 aromatic carbocycles. The van der Waals surface area contributed by atoms with Crippen LogP contribution in [-0.4, -0.2) is 15.1 Å². The summed E-state index contributed by atoms with van der Waals surface area (Å²) >= 11 is 8.05. The Bertz CT molecular complexity index is 1120. The molecular weight excluding hydrogens is 380 g/mol. The average Bonchev–Trinajstić information content (AvgIpc) is 3.31. The molecule has 5 rings (SSSR count). The number of fused-ring (bicyclic) bond motifs is 3. The van der Waals surface area contributed by atoms with Gasteiger partial charge in [0.2, 0.25) is 0 Å². The fraction of sp³-hybridized carbons (Fsp3) is 0.250. The molecule has 1 aliphatic rings. The molecule has 5 nitrogen and oxygen atoms in total. The van der Waals surface area contributed by atoms with Gasteiger partial charge in [-0.3, -0.25) is 0 Å². The molecule has 0 bridgehead atoms. The second kappa shape index (κ2) is 6.94. The summed E-state index contributed by atoms with van der Waals surface area (Å²) < 4.78 is 5.49. The lowest BCUT2D eigenvalue weighted by molar-refractivity contribution is 0.390. The lowest BCUT2D eigenvalue weighted by Crippen LogP contribution is -2.04. The van der Waals surface area contributed by atoms with Crippen molar-refractivity contribution in [1.82, 2.24) is 15.1 Å². The summed E-state index contributed by atoms with van der Waals surface area (Å²) in [7, 11) is 0. The second-order valence-electron chi connectivity index (χ2n) is 6.63. The predicted octanol–water partition coefficient (Wildman–Crippen LogP) is 5.49. The van der Waals surface area contributed by atoms with Crippen LogP contribution in [0.15, 0.2) is 41.2 Å². The molecule has 0 unspecified atom stereocenters. The Morgan fingerprint density at radius 2 is 2.04 bits per heavy atom. The molecule has 4 aromatic rings. The van der Waals surface area contributed by atoms with Crippen LogP contribution in [0.3, 0.4) is 0 Å². The summed E-state index contributed by atoms with van der Waals surface area (Å²) in [5.74, 6) is 1.61. The van der Waals surface area contributed by atoms with Crippen LogP contribution in [0.5, 0.6) is 0 Å².